The lowest BCUT2D eigenvalue weighted by Crippen LogP contribution is -2.12. The van der Waals surface area contributed by atoms with Crippen molar-refractivity contribution in [1.29, 1.82) is 0 Å². The summed E-state index contributed by atoms with van der Waals surface area (Å²) in [6, 6.07) is 1.76. The first kappa shape index (κ1) is 15.1. The van der Waals surface area contributed by atoms with Crippen molar-refractivity contribution in [2.45, 2.75) is 25.7 Å². The lowest BCUT2D eigenvalue weighted by atomic mass is 10.1. The van der Waals surface area contributed by atoms with Gasteiger partial charge in [-0.15, -0.1) is 0 Å². The van der Waals surface area contributed by atoms with Gasteiger partial charge in [0.15, 0.2) is 0 Å². The fourth-order valence-corrected chi connectivity index (χ4v) is 3.06. The molecule has 0 atom stereocenters. The third-order valence-electron chi connectivity index (χ3n) is 3.27. The summed E-state index contributed by atoms with van der Waals surface area (Å²) in [5.41, 5.74) is 2.38. The number of rotatable bonds is 8. The van der Waals surface area contributed by atoms with E-state index < -0.39 is 5.97 Å². The maximum atomic E-state index is 11.3. The van der Waals surface area contributed by atoms with Gasteiger partial charge in [0.25, 0.3) is 0 Å². The van der Waals surface area contributed by atoms with Gasteiger partial charge in [-0.05, 0) is 43.1 Å². The Morgan fingerprint density at radius 1 is 1.40 bits per heavy atom. The molecule has 1 aliphatic rings. The molecule has 1 aromatic rings. The smallest absolute Gasteiger partial charge is 0.339 e. The minimum Gasteiger partial charge on any atom is -0.478 e. The molecule has 0 radical (unpaired) electrons. The molecule has 0 saturated carbocycles. The zero-order valence-electron chi connectivity index (χ0n) is 11.4. The fourth-order valence-electron chi connectivity index (χ4n) is 2.28. The first-order valence-corrected chi connectivity index (χ1v) is 8.06. The summed E-state index contributed by atoms with van der Waals surface area (Å²) >= 11 is 1.74. The molecule has 5 nitrogen and oxygen atoms in total. The van der Waals surface area contributed by atoms with Crippen LogP contribution in [0.3, 0.4) is 0 Å². The Kier molecular flexibility index (Phi) is 5.67. The minimum atomic E-state index is -0.928. The number of aromatic carboxylic acids is 1. The van der Waals surface area contributed by atoms with Crippen molar-refractivity contribution in [3.63, 3.8) is 0 Å². The quantitative estimate of drug-likeness (QED) is 0.635. The molecule has 20 heavy (non-hydrogen) atoms. The van der Waals surface area contributed by atoms with Crippen LogP contribution in [0.1, 0.15) is 34.5 Å². The summed E-state index contributed by atoms with van der Waals surface area (Å²) in [4.78, 5) is 15.7. The van der Waals surface area contributed by atoms with Gasteiger partial charge in [0.2, 0.25) is 0 Å². The largest absolute Gasteiger partial charge is 0.478 e. The third kappa shape index (κ3) is 3.86. The molecule has 0 amide bonds. The fraction of sp³-hybridized carbons (Fsp3) is 0.571. The molecule has 110 valence electrons. The second-order valence-electron chi connectivity index (χ2n) is 4.77. The maximum Gasteiger partial charge on any atom is 0.339 e. The maximum absolute atomic E-state index is 11.3. The first-order chi connectivity index (χ1) is 9.72. The molecule has 0 fully saturated rings. The van der Waals surface area contributed by atoms with Gasteiger partial charge in [0.1, 0.15) is 11.4 Å². The second-order valence-corrected chi connectivity index (χ2v) is 5.99. The summed E-state index contributed by atoms with van der Waals surface area (Å²) in [6.45, 7) is 0.901. The van der Waals surface area contributed by atoms with Gasteiger partial charge in [0, 0.05) is 24.6 Å². The number of nitrogens with zero attached hydrogens (tertiary/aromatic N) is 1. The highest BCUT2D eigenvalue weighted by molar-refractivity contribution is 7.99. The number of anilines is 1. The van der Waals surface area contributed by atoms with Crippen molar-refractivity contribution < 1.29 is 15.0 Å². The highest BCUT2D eigenvalue weighted by Gasteiger charge is 2.19. The van der Waals surface area contributed by atoms with Crippen LogP contribution in [0.5, 0.6) is 0 Å². The molecule has 3 N–H and O–H groups in total. The first-order valence-electron chi connectivity index (χ1n) is 6.91. The summed E-state index contributed by atoms with van der Waals surface area (Å²) in [5.74, 6) is 1.35. The van der Waals surface area contributed by atoms with Crippen molar-refractivity contribution >= 4 is 23.5 Å². The number of carboxylic acid groups (broad SMARTS) is 1. The van der Waals surface area contributed by atoms with Gasteiger partial charge in [-0.25, -0.2) is 9.78 Å². The molecule has 0 aromatic carbocycles. The number of hydrogen-bond acceptors (Lipinski definition) is 5. The van der Waals surface area contributed by atoms with Crippen molar-refractivity contribution in [3.05, 3.63) is 22.9 Å². The molecular formula is C14H20N2O3S. The number of carboxylic acids is 1. The van der Waals surface area contributed by atoms with Crippen molar-refractivity contribution in [2.75, 3.05) is 30.0 Å². The van der Waals surface area contributed by atoms with Crippen molar-refractivity contribution in [3.8, 4) is 0 Å². The number of hydrogen-bond donors (Lipinski definition) is 3. The summed E-state index contributed by atoms with van der Waals surface area (Å²) in [7, 11) is 0. The predicted molar refractivity (Wildman–Crippen MR) is 80.7 cm³/mol. The third-order valence-corrected chi connectivity index (χ3v) is 4.34. The predicted octanol–water partition coefficient (Wildman–Crippen LogP) is 1.80. The average molecular weight is 296 g/mol. The van der Waals surface area contributed by atoms with E-state index in [4.69, 9.17) is 5.11 Å². The number of nitrogens with one attached hydrogen (secondary N) is 1. The standard InChI is InChI=1S/C14H20N2O3S/c17-6-2-7-20-8-5-15-13-11(14(18)19)9-10-3-1-4-12(10)16-13/h9,17H,1-8H2,(H,15,16)(H,18,19). The summed E-state index contributed by atoms with van der Waals surface area (Å²) in [6.07, 6.45) is 3.72. The molecule has 0 bridgehead atoms. The number of carbonyl (C=O) groups is 1. The van der Waals surface area contributed by atoms with Gasteiger partial charge in [0.05, 0.1) is 0 Å². The van der Waals surface area contributed by atoms with Crippen molar-refractivity contribution in [2.24, 2.45) is 0 Å². The number of fused-ring (bicyclic) bond motifs is 1. The zero-order chi connectivity index (χ0) is 14.4. The van der Waals surface area contributed by atoms with E-state index in [-0.39, 0.29) is 12.2 Å². The van der Waals surface area contributed by atoms with Crippen LogP contribution in [0.2, 0.25) is 0 Å². The molecule has 1 aromatic heterocycles. The van der Waals surface area contributed by atoms with E-state index in [0.717, 1.165) is 48.4 Å². The molecule has 1 aliphatic carbocycles. The molecule has 0 aliphatic heterocycles. The second kappa shape index (κ2) is 7.50. The van der Waals surface area contributed by atoms with Crippen LogP contribution in [0.25, 0.3) is 0 Å². The van der Waals surface area contributed by atoms with Crippen LogP contribution in [0, 0.1) is 0 Å². The van der Waals surface area contributed by atoms with Gasteiger partial charge in [-0.3, -0.25) is 0 Å². The van der Waals surface area contributed by atoms with E-state index in [2.05, 4.69) is 10.3 Å². The monoisotopic (exact) mass is 296 g/mol. The van der Waals surface area contributed by atoms with Crippen LogP contribution in [0.4, 0.5) is 5.82 Å². The van der Waals surface area contributed by atoms with Crippen LogP contribution in [-0.2, 0) is 12.8 Å². The summed E-state index contributed by atoms with van der Waals surface area (Å²) < 4.78 is 0. The van der Waals surface area contributed by atoms with Gasteiger partial charge >= 0.3 is 5.97 Å². The lowest BCUT2D eigenvalue weighted by Gasteiger charge is -2.11. The minimum absolute atomic E-state index is 0.218. The van der Waals surface area contributed by atoms with Crippen molar-refractivity contribution in [1.82, 2.24) is 4.98 Å². The van der Waals surface area contributed by atoms with E-state index in [1.54, 1.807) is 17.8 Å². The molecular weight excluding hydrogens is 276 g/mol. The van der Waals surface area contributed by atoms with Crippen LogP contribution in [0.15, 0.2) is 6.07 Å². The molecule has 0 unspecified atom stereocenters. The SMILES string of the molecule is O=C(O)c1cc2c(nc1NCCSCCCO)CCC2. The van der Waals surface area contributed by atoms with Crippen LogP contribution < -0.4 is 5.32 Å². The van der Waals surface area contributed by atoms with E-state index in [1.807, 2.05) is 0 Å². The number of aliphatic hydroxyl groups excluding tert-OH is 1. The Morgan fingerprint density at radius 3 is 3.00 bits per heavy atom. The average Bonchev–Trinajstić information content (AvgIpc) is 2.88. The van der Waals surface area contributed by atoms with E-state index in [0.29, 0.717) is 12.4 Å². The van der Waals surface area contributed by atoms with Gasteiger partial charge in [-0.1, -0.05) is 0 Å². The van der Waals surface area contributed by atoms with E-state index in [1.165, 1.54) is 0 Å². The Morgan fingerprint density at radius 2 is 2.25 bits per heavy atom. The number of aryl methyl sites for hydroxylation is 2. The topological polar surface area (TPSA) is 82.5 Å². The molecule has 6 heteroatoms. The molecule has 2 rings (SSSR count). The number of pyridine rings is 1. The Balaban J connectivity index is 1.94. The van der Waals surface area contributed by atoms with Gasteiger partial charge < -0.3 is 15.5 Å². The number of aromatic nitrogens is 1. The van der Waals surface area contributed by atoms with Crippen LogP contribution >= 0.6 is 11.8 Å². The molecule has 1 heterocycles. The Hall–Kier alpha value is -1.27. The Bertz CT molecular complexity index is 480. The van der Waals surface area contributed by atoms with Crippen LogP contribution in [-0.4, -0.2) is 45.8 Å². The number of aliphatic hydroxyl groups is 1. The molecule has 0 spiro atoms. The van der Waals surface area contributed by atoms with E-state index >= 15 is 0 Å². The number of thioether (sulfide) groups is 1. The molecule has 0 saturated heterocycles. The zero-order valence-corrected chi connectivity index (χ0v) is 12.2. The van der Waals surface area contributed by atoms with E-state index in [9.17, 15) is 9.90 Å². The Labute approximate surface area is 122 Å². The highest BCUT2D eigenvalue weighted by atomic mass is 32.2. The van der Waals surface area contributed by atoms with Gasteiger partial charge in [-0.2, -0.15) is 11.8 Å². The normalized spacial score (nSPS) is 13.2. The highest BCUT2D eigenvalue weighted by Crippen LogP contribution is 2.25. The summed E-state index contributed by atoms with van der Waals surface area (Å²) in [5, 5.41) is 21.1. The lowest BCUT2D eigenvalue weighted by molar-refractivity contribution is 0.0697.